The summed E-state index contributed by atoms with van der Waals surface area (Å²) in [5.74, 6) is 3.00. The molecule has 3 rings (SSSR count). The molecule has 1 aromatic rings. The molecule has 2 heterocycles. The third-order valence-electron chi connectivity index (χ3n) is 4.09. The molecule has 0 aromatic carbocycles. The van der Waals surface area contributed by atoms with Gasteiger partial charge in [-0.1, -0.05) is 6.92 Å². The zero-order chi connectivity index (χ0) is 13.4. The van der Waals surface area contributed by atoms with Crippen LogP contribution in [0.2, 0.25) is 0 Å². The minimum Gasteiger partial charge on any atom is -0.383 e. The quantitative estimate of drug-likeness (QED) is 0.867. The van der Waals surface area contributed by atoms with E-state index in [2.05, 4.69) is 15.3 Å². The van der Waals surface area contributed by atoms with E-state index in [0.717, 1.165) is 42.6 Å². The fraction of sp³-hybridized carbons (Fsp3) is 0.714. The number of ether oxygens (including phenoxy) is 1. The van der Waals surface area contributed by atoms with Gasteiger partial charge in [0.25, 0.3) is 0 Å². The second-order valence-corrected chi connectivity index (χ2v) is 5.56. The fourth-order valence-electron chi connectivity index (χ4n) is 2.71. The van der Waals surface area contributed by atoms with Crippen molar-refractivity contribution in [1.29, 1.82) is 0 Å². The lowest BCUT2D eigenvalue weighted by molar-refractivity contribution is 0.0898. The highest BCUT2D eigenvalue weighted by Gasteiger charge is 2.40. The Hall–Kier alpha value is -1.36. The molecule has 2 unspecified atom stereocenters. The number of aryl methyl sites for hydroxylation is 1. The molecule has 0 spiro atoms. The first-order valence-electron chi connectivity index (χ1n) is 7.20. The predicted octanol–water partition coefficient (Wildman–Crippen LogP) is 1.91. The minimum absolute atomic E-state index is 0.348. The fourth-order valence-corrected chi connectivity index (χ4v) is 2.71. The van der Waals surface area contributed by atoms with E-state index in [9.17, 15) is 0 Å². The van der Waals surface area contributed by atoms with Crippen LogP contribution in [0.3, 0.4) is 0 Å². The number of anilines is 2. The normalized spacial score (nSPS) is 26.6. The van der Waals surface area contributed by atoms with Crippen LogP contribution in [0.1, 0.15) is 37.6 Å². The van der Waals surface area contributed by atoms with Gasteiger partial charge < -0.3 is 15.8 Å². The highest BCUT2D eigenvalue weighted by molar-refractivity contribution is 5.55. The summed E-state index contributed by atoms with van der Waals surface area (Å²) in [6.07, 6.45) is 4.79. The smallest absolute Gasteiger partial charge is 0.135 e. The molecule has 1 aliphatic carbocycles. The average molecular weight is 262 g/mol. The summed E-state index contributed by atoms with van der Waals surface area (Å²) in [7, 11) is 0. The molecule has 1 aliphatic heterocycles. The molecule has 5 heteroatoms. The molecular weight excluding hydrogens is 240 g/mol. The number of hydrogen-bond donors (Lipinski definition) is 2. The molecule has 19 heavy (non-hydrogen) atoms. The molecular formula is C14H22N4O. The zero-order valence-electron chi connectivity index (χ0n) is 11.6. The summed E-state index contributed by atoms with van der Waals surface area (Å²) >= 11 is 0. The van der Waals surface area contributed by atoms with E-state index in [1.165, 1.54) is 12.8 Å². The summed E-state index contributed by atoms with van der Waals surface area (Å²) < 4.78 is 5.85. The van der Waals surface area contributed by atoms with Crippen molar-refractivity contribution in [1.82, 2.24) is 9.97 Å². The molecule has 0 bridgehead atoms. The van der Waals surface area contributed by atoms with Gasteiger partial charge in [-0.2, -0.15) is 0 Å². The van der Waals surface area contributed by atoms with Gasteiger partial charge in [0.2, 0.25) is 0 Å². The Morgan fingerprint density at radius 2 is 2.11 bits per heavy atom. The number of nitrogens with two attached hydrogens (primary N) is 1. The van der Waals surface area contributed by atoms with Crippen molar-refractivity contribution in [2.24, 2.45) is 5.92 Å². The summed E-state index contributed by atoms with van der Waals surface area (Å²) in [6.45, 7) is 4.86. The van der Waals surface area contributed by atoms with E-state index in [4.69, 9.17) is 10.5 Å². The van der Waals surface area contributed by atoms with Crippen LogP contribution in [0.4, 0.5) is 11.6 Å². The average Bonchev–Trinajstić information content (AvgIpc) is 3.15. The lowest BCUT2D eigenvalue weighted by atomic mass is 10.1. The van der Waals surface area contributed by atoms with Gasteiger partial charge in [0.15, 0.2) is 0 Å². The summed E-state index contributed by atoms with van der Waals surface area (Å²) in [6, 6.07) is 0.366. The molecule has 1 saturated carbocycles. The Labute approximate surface area is 114 Å². The number of nitrogens with one attached hydrogen (secondary N) is 1. The first-order valence-corrected chi connectivity index (χ1v) is 7.20. The van der Waals surface area contributed by atoms with Gasteiger partial charge in [-0.25, -0.2) is 9.97 Å². The molecule has 1 aromatic heterocycles. The Morgan fingerprint density at radius 3 is 2.79 bits per heavy atom. The van der Waals surface area contributed by atoms with Crippen LogP contribution in [0.15, 0.2) is 0 Å². The Morgan fingerprint density at radius 1 is 1.32 bits per heavy atom. The van der Waals surface area contributed by atoms with Crippen LogP contribution >= 0.6 is 0 Å². The maximum atomic E-state index is 5.96. The van der Waals surface area contributed by atoms with Crippen molar-refractivity contribution in [3.8, 4) is 0 Å². The van der Waals surface area contributed by atoms with Crippen molar-refractivity contribution >= 4 is 11.6 Å². The number of nitrogen functional groups attached to an aromatic ring is 1. The molecule has 1 saturated heterocycles. The number of hydrogen-bond acceptors (Lipinski definition) is 5. The number of nitrogens with zero attached hydrogens (tertiary/aromatic N) is 2. The molecule has 2 fully saturated rings. The third-order valence-corrected chi connectivity index (χ3v) is 4.09. The maximum Gasteiger partial charge on any atom is 0.135 e. The van der Waals surface area contributed by atoms with Crippen LogP contribution in [0, 0.1) is 12.8 Å². The number of rotatable bonds is 4. The van der Waals surface area contributed by atoms with E-state index < -0.39 is 0 Å². The third kappa shape index (κ3) is 2.52. The van der Waals surface area contributed by atoms with Gasteiger partial charge in [0, 0.05) is 18.6 Å². The van der Waals surface area contributed by atoms with Crippen molar-refractivity contribution in [3.63, 3.8) is 0 Å². The minimum atomic E-state index is 0.348. The summed E-state index contributed by atoms with van der Waals surface area (Å²) in [5.41, 5.74) is 6.90. The predicted molar refractivity (Wildman–Crippen MR) is 75.1 cm³/mol. The van der Waals surface area contributed by atoms with Crippen LogP contribution < -0.4 is 11.1 Å². The van der Waals surface area contributed by atoms with Crippen LogP contribution in [-0.2, 0) is 11.2 Å². The lowest BCUT2D eigenvalue weighted by Crippen LogP contribution is -2.32. The SMILES string of the molecule is CCc1nc(N)c(C)c(NC2CCOC2C2CC2)n1. The van der Waals surface area contributed by atoms with Crippen molar-refractivity contribution in [2.75, 3.05) is 17.7 Å². The summed E-state index contributed by atoms with van der Waals surface area (Å²) in [5, 5.41) is 3.54. The number of aromatic nitrogens is 2. The maximum absolute atomic E-state index is 5.96. The molecule has 0 amide bonds. The van der Waals surface area contributed by atoms with E-state index >= 15 is 0 Å². The molecule has 2 atom stereocenters. The first-order chi connectivity index (χ1) is 9.19. The first kappa shape index (κ1) is 12.7. The second-order valence-electron chi connectivity index (χ2n) is 5.56. The second kappa shape index (κ2) is 4.96. The van der Waals surface area contributed by atoms with Crippen molar-refractivity contribution < 1.29 is 4.74 Å². The van der Waals surface area contributed by atoms with Crippen LogP contribution in [0.25, 0.3) is 0 Å². The van der Waals surface area contributed by atoms with Gasteiger partial charge in [0.05, 0.1) is 12.1 Å². The Balaban J connectivity index is 1.80. The molecule has 104 valence electrons. The van der Waals surface area contributed by atoms with Gasteiger partial charge in [-0.3, -0.25) is 0 Å². The standard InChI is InChI=1S/C14H22N4O/c1-3-11-17-13(15)8(2)14(18-11)16-10-6-7-19-12(10)9-4-5-9/h9-10,12H,3-7H2,1-2H3,(H3,15,16,17,18). The monoisotopic (exact) mass is 262 g/mol. The highest BCUT2D eigenvalue weighted by Crippen LogP contribution is 2.39. The Bertz CT molecular complexity index is 473. The van der Waals surface area contributed by atoms with Crippen LogP contribution in [0.5, 0.6) is 0 Å². The molecule has 3 N–H and O–H groups in total. The van der Waals surface area contributed by atoms with Crippen molar-refractivity contribution in [2.45, 2.75) is 51.7 Å². The topological polar surface area (TPSA) is 73.1 Å². The van der Waals surface area contributed by atoms with Gasteiger partial charge >= 0.3 is 0 Å². The van der Waals surface area contributed by atoms with Gasteiger partial charge in [0.1, 0.15) is 17.5 Å². The lowest BCUT2D eigenvalue weighted by Gasteiger charge is -2.21. The molecule has 0 radical (unpaired) electrons. The van der Waals surface area contributed by atoms with E-state index in [-0.39, 0.29) is 0 Å². The van der Waals surface area contributed by atoms with E-state index in [1.807, 2.05) is 13.8 Å². The largest absolute Gasteiger partial charge is 0.383 e. The van der Waals surface area contributed by atoms with Crippen molar-refractivity contribution in [3.05, 3.63) is 11.4 Å². The van der Waals surface area contributed by atoms with Gasteiger partial charge in [-0.05, 0) is 32.1 Å². The van der Waals surface area contributed by atoms with E-state index in [0.29, 0.717) is 18.0 Å². The highest BCUT2D eigenvalue weighted by atomic mass is 16.5. The molecule has 2 aliphatic rings. The van der Waals surface area contributed by atoms with Crippen LogP contribution in [-0.4, -0.2) is 28.7 Å². The Kier molecular flexibility index (Phi) is 3.31. The molecule has 5 nitrogen and oxygen atoms in total. The zero-order valence-corrected chi connectivity index (χ0v) is 11.6. The summed E-state index contributed by atoms with van der Waals surface area (Å²) in [4.78, 5) is 8.86. The van der Waals surface area contributed by atoms with E-state index in [1.54, 1.807) is 0 Å². The van der Waals surface area contributed by atoms with Gasteiger partial charge in [-0.15, -0.1) is 0 Å².